The van der Waals surface area contributed by atoms with Crippen LogP contribution in [0.1, 0.15) is 6.42 Å². The normalized spacial score (nSPS) is 14.9. The molecular formula is C10H16N2O5. The number of aliphatic hydroxyl groups excluding tert-OH is 2. The molecule has 2 atom stereocenters. The topological polar surface area (TPSA) is 133 Å². The van der Waals surface area contributed by atoms with Crippen molar-refractivity contribution in [3.8, 4) is 0 Å². The molecule has 0 aromatic carbocycles. The van der Waals surface area contributed by atoms with E-state index in [0.29, 0.717) is 5.57 Å². The van der Waals surface area contributed by atoms with Crippen molar-refractivity contribution in [2.45, 2.75) is 18.6 Å². The third-order valence-electron chi connectivity index (χ3n) is 1.94. The van der Waals surface area contributed by atoms with Gasteiger partial charge in [0.1, 0.15) is 12.1 Å². The van der Waals surface area contributed by atoms with E-state index < -0.39 is 30.4 Å². The molecule has 0 bridgehead atoms. The first kappa shape index (κ1) is 15.3. The Morgan fingerprint density at radius 2 is 2.06 bits per heavy atom. The number of aliphatic hydroxyl groups is 2. The molecule has 0 saturated heterocycles. The molecule has 0 fully saturated rings. The first-order chi connectivity index (χ1) is 7.92. The summed E-state index contributed by atoms with van der Waals surface area (Å²) in [6, 6.07) is -1.31. The van der Waals surface area contributed by atoms with Crippen molar-refractivity contribution >= 4 is 11.9 Å². The van der Waals surface area contributed by atoms with Gasteiger partial charge in [0.15, 0.2) is 0 Å². The summed E-state index contributed by atoms with van der Waals surface area (Å²) in [6.07, 6.45) is 0.583. The minimum absolute atomic E-state index is 0.311. The summed E-state index contributed by atoms with van der Waals surface area (Å²) in [5.41, 5.74) is 5.51. The third-order valence-corrected chi connectivity index (χ3v) is 1.94. The van der Waals surface area contributed by atoms with Crippen molar-refractivity contribution in [2.75, 3.05) is 6.61 Å². The van der Waals surface area contributed by atoms with Crippen molar-refractivity contribution in [2.24, 2.45) is 5.73 Å². The molecular weight excluding hydrogens is 228 g/mol. The maximum atomic E-state index is 11.3. The summed E-state index contributed by atoms with van der Waals surface area (Å²) < 4.78 is 0. The van der Waals surface area contributed by atoms with Crippen LogP contribution in [0.15, 0.2) is 24.4 Å². The number of nitrogens with two attached hydrogens (primary N) is 1. The van der Waals surface area contributed by atoms with Gasteiger partial charge in [-0.1, -0.05) is 12.7 Å². The van der Waals surface area contributed by atoms with E-state index in [1.807, 2.05) is 0 Å². The van der Waals surface area contributed by atoms with Gasteiger partial charge >= 0.3 is 5.97 Å². The van der Waals surface area contributed by atoms with Crippen molar-refractivity contribution < 1.29 is 24.9 Å². The van der Waals surface area contributed by atoms with Crippen LogP contribution >= 0.6 is 0 Å². The number of carbonyl (C=O) groups excluding carboxylic acids is 1. The average molecular weight is 244 g/mol. The van der Waals surface area contributed by atoms with Crippen LogP contribution in [0.25, 0.3) is 0 Å². The molecule has 1 amide bonds. The van der Waals surface area contributed by atoms with Crippen LogP contribution < -0.4 is 11.1 Å². The van der Waals surface area contributed by atoms with E-state index in [1.54, 1.807) is 0 Å². The van der Waals surface area contributed by atoms with E-state index in [9.17, 15) is 14.7 Å². The van der Waals surface area contributed by atoms with Gasteiger partial charge < -0.3 is 26.4 Å². The first-order valence-electron chi connectivity index (χ1n) is 4.81. The van der Waals surface area contributed by atoms with E-state index in [0.717, 1.165) is 0 Å². The standard InChI is InChI=1S/C10H16N2O5/c1-2-6(5-13)4-12-9(15)8(14)3-7(11)10(16)17/h2,4,7-8,13-14H,1,3,5,11H2,(H,12,15)(H,16,17)/b6-4-/t7-,8-/m0/s1. The van der Waals surface area contributed by atoms with Crippen molar-refractivity contribution in [1.82, 2.24) is 5.32 Å². The monoisotopic (exact) mass is 244 g/mol. The summed E-state index contributed by atoms with van der Waals surface area (Å²) in [5.74, 6) is -2.09. The highest BCUT2D eigenvalue weighted by Gasteiger charge is 2.21. The van der Waals surface area contributed by atoms with Crippen LogP contribution in [0.2, 0.25) is 0 Å². The van der Waals surface area contributed by atoms with Gasteiger partial charge in [-0.2, -0.15) is 0 Å². The summed E-state index contributed by atoms with van der Waals surface area (Å²) in [4.78, 5) is 21.7. The molecule has 0 rings (SSSR count). The smallest absolute Gasteiger partial charge is 0.320 e. The maximum absolute atomic E-state index is 11.3. The predicted octanol–water partition coefficient (Wildman–Crippen LogP) is -1.67. The zero-order valence-electron chi connectivity index (χ0n) is 9.17. The molecule has 96 valence electrons. The number of rotatable bonds is 7. The van der Waals surface area contributed by atoms with Crippen LogP contribution in [0, 0.1) is 0 Å². The lowest BCUT2D eigenvalue weighted by atomic mass is 10.1. The number of carbonyl (C=O) groups is 2. The molecule has 0 radical (unpaired) electrons. The number of aliphatic carboxylic acids is 1. The van der Waals surface area contributed by atoms with Crippen LogP contribution in [-0.4, -0.2) is 45.9 Å². The Hall–Kier alpha value is -1.70. The van der Waals surface area contributed by atoms with E-state index >= 15 is 0 Å². The van der Waals surface area contributed by atoms with Crippen molar-refractivity contribution in [3.63, 3.8) is 0 Å². The SMILES string of the molecule is C=C/C(=C/NC(=O)[C@@H](O)C[C@H](N)C(=O)O)CO. The second kappa shape index (κ2) is 7.55. The molecule has 0 aliphatic rings. The Kier molecular flexibility index (Phi) is 6.80. The molecule has 7 heteroatoms. The van der Waals surface area contributed by atoms with Gasteiger partial charge in [0.05, 0.1) is 6.61 Å². The lowest BCUT2D eigenvalue weighted by Crippen LogP contribution is -2.40. The molecule has 0 spiro atoms. The lowest BCUT2D eigenvalue weighted by molar-refractivity contribution is -0.140. The number of nitrogens with one attached hydrogen (secondary N) is 1. The zero-order valence-corrected chi connectivity index (χ0v) is 9.17. The van der Waals surface area contributed by atoms with Gasteiger partial charge in [-0.15, -0.1) is 0 Å². The number of hydrogen-bond acceptors (Lipinski definition) is 5. The molecule has 0 heterocycles. The molecule has 0 aliphatic heterocycles. The molecule has 6 N–H and O–H groups in total. The minimum Gasteiger partial charge on any atom is -0.480 e. The second-order valence-corrected chi connectivity index (χ2v) is 3.29. The van der Waals surface area contributed by atoms with E-state index in [4.69, 9.17) is 15.9 Å². The highest BCUT2D eigenvalue weighted by atomic mass is 16.4. The van der Waals surface area contributed by atoms with Crippen LogP contribution in [0.4, 0.5) is 0 Å². The van der Waals surface area contributed by atoms with Crippen molar-refractivity contribution in [1.29, 1.82) is 0 Å². The van der Waals surface area contributed by atoms with Gasteiger partial charge in [-0.3, -0.25) is 9.59 Å². The average Bonchev–Trinajstić information content (AvgIpc) is 2.29. The molecule has 17 heavy (non-hydrogen) atoms. The lowest BCUT2D eigenvalue weighted by Gasteiger charge is -2.12. The molecule has 0 unspecified atom stereocenters. The molecule has 0 aromatic rings. The van der Waals surface area contributed by atoms with Gasteiger partial charge in [0.25, 0.3) is 5.91 Å². The Morgan fingerprint density at radius 1 is 1.47 bits per heavy atom. The third kappa shape index (κ3) is 5.81. The summed E-state index contributed by atoms with van der Waals surface area (Å²) in [5, 5.41) is 28.7. The first-order valence-corrected chi connectivity index (χ1v) is 4.81. The fraction of sp³-hybridized carbons (Fsp3) is 0.400. The van der Waals surface area contributed by atoms with Gasteiger partial charge in [-0.05, 0) is 5.57 Å². The van der Waals surface area contributed by atoms with Crippen molar-refractivity contribution in [3.05, 3.63) is 24.4 Å². The fourth-order valence-corrected chi connectivity index (χ4v) is 0.878. The zero-order chi connectivity index (χ0) is 13.4. The van der Waals surface area contributed by atoms with Gasteiger partial charge in [0, 0.05) is 12.6 Å². The molecule has 0 saturated carbocycles. The van der Waals surface area contributed by atoms with Gasteiger partial charge in [-0.25, -0.2) is 0 Å². The minimum atomic E-state index is -1.53. The number of hydrogen-bond donors (Lipinski definition) is 5. The number of carboxylic acids is 1. The Morgan fingerprint density at radius 3 is 2.47 bits per heavy atom. The summed E-state index contributed by atoms with van der Waals surface area (Å²) in [6.45, 7) is 3.08. The van der Waals surface area contributed by atoms with Gasteiger partial charge in [0.2, 0.25) is 0 Å². The maximum Gasteiger partial charge on any atom is 0.320 e. The largest absolute Gasteiger partial charge is 0.480 e. The number of carboxylic acid groups (broad SMARTS) is 1. The molecule has 7 nitrogen and oxygen atoms in total. The number of amides is 1. The quantitative estimate of drug-likeness (QED) is 0.340. The summed E-state index contributed by atoms with van der Waals surface area (Å²) >= 11 is 0. The van der Waals surface area contributed by atoms with E-state index in [-0.39, 0.29) is 6.61 Å². The Bertz CT molecular complexity index is 327. The van der Waals surface area contributed by atoms with E-state index in [2.05, 4.69) is 11.9 Å². The van der Waals surface area contributed by atoms with E-state index in [1.165, 1.54) is 12.3 Å². The Labute approximate surface area is 98.2 Å². The fourth-order valence-electron chi connectivity index (χ4n) is 0.878. The highest BCUT2D eigenvalue weighted by Crippen LogP contribution is 1.98. The molecule has 0 aliphatic carbocycles. The van der Waals surface area contributed by atoms with Crippen LogP contribution in [-0.2, 0) is 9.59 Å². The summed E-state index contributed by atoms with van der Waals surface area (Å²) in [7, 11) is 0. The Balaban J connectivity index is 4.28. The highest BCUT2D eigenvalue weighted by molar-refractivity contribution is 5.83. The predicted molar refractivity (Wildman–Crippen MR) is 59.7 cm³/mol. The second-order valence-electron chi connectivity index (χ2n) is 3.29. The van der Waals surface area contributed by atoms with Crippen LogP contribution in [0.5, 0.6) is 0 Å². The van der Waals surface area contributed by atoms with Crippen LogP contribution in [0.3, 0.4) is 0 Å². The molecule has 0 aromatic heterocycles.